The first-order valence-electron chi connectivity index (χ1n) is 7.10. The van der Waals surface area contributed by atoms with Crippen LogP contribution in [0.5, 0.6) is 0 Å². The minimum atomic E-state index is 0.923. The van der Waals surface area contributed by atoms with Crippen molar-refractivity contribution < 1.29 is 0 Å². The third-order valence-corrected chi connectivity index (χ3v) is 3.24. The predicted octanol–water partition coefficient (Wildman–Crippen LogP) is 6.09. The zero-order valence-corrected chi connectivity index (χ0v) is 12.2. The van der Waals surface area contributed by atoms with Crippen LogP contribution >= 0.6 is 0 Å². The van der Waals surface area contributed by atoms with Crippen molar-refractivity contribution in [2.75, 3.05) is 0 Å². The molecule has 2 aromatic rings. The standard InChI is InChI=1S/C21H20/c1-3-18-10-14-20(15-11-18)8-6-5-7-9-21-16-12-19(4-2)13-17-21/h3-4,6-17H,1-2,5H2/b8-6+,9-7+. The SMILES string of the molecule is C=Cc1ccc(/C=C/C/C=C/c2ccc(C=C)cc2)cc1. The number of hydrogen-bond donors (Lipinski definition) is 0. The van der Waals surface area contributed by atoms with Crippen molar-refractivity contribution in [1.29, 1.82) is 0 Å². The minimum absolute atomic E-state index is 0.923. The van der Waals surface area contributed by atoms with Crippen molar-refractivity contribution in [3.8, 4) is 0 Å². The van der Waals surface area contributed by atoms with Gasteiger partial charge in [-0.3, -0.25) is 0 Å². The smallest absolute Gasteiger partial charge is 0.0163 e. The Labute approximate surface area is 127 Å². The van der Waals surface area contributed by atoms with Gasteiger partial charge in [0.25, 0.3) is 0 Å². The summed E-state index contributed by atoms with van der Waals surface area (Å²) in [6, 6.07) is 16.7. The van der Waals surface area contributed by atoms with Crippen LogP contribution < -0.4 is 0 Å². The highest BCUT2D eigenvalue weighted by Gasteiger charge is 1.88. The van der Waals surface area contributed by atoms with Crippen LogP contribution in [0.25, 0.3) is 24.3 Å². The average molecular weight is 272 g/mol. The molecule has 0 spiro atoms. The van der Waals surface area contributed by atoms with Gasteiger partial charge in [0.2, 0.25) is 0 Å². The van der Waals surface area contributed by atoms with Crippen LogP contribution in [0, 0.1) is 0 Å². The number of rotatable bonds is 6. The molecule has 0 nitrogen and oxygen atoms in total. The van der Waals surface area contributed by atoms with Crippen LogP contribution in [0.4, 0.5) is 0 Å². The molecule has 0 aromatic heterocycles. The summed E-state index contributed by atoms with van der Waals surface area (Å²) in [5, 5.41) is 0. The number of benzene rings is 2. The number of hydrogen-bond acceptors (Lipinski definition) is 0. The Kier molecular flexibility index (Phi) is 5.54. The van der Waals surface area contributed by atoms with Gasteiger partial charge < -0.3 is 0 Å². The van der Waals surface area contributed by atoms with Crippen LogP contribution in [0.1, 0.15) is 28.7 Å². The molecule has 2 aromatic carbocycles. The second kappa shape index (κ2) is 7.86. The van der Waals surface area contributed by atoms with Gasteiger partial charge >= 0.3 is 0 Å². The quantitative estimate of drug-likeness (QED) is 0.597. The summed E-state index contributed by atoms with van der Waals surface area (Å²) >= 11 is 0. The van der Waals surface area contributed by atoms with Crippen LogP contribution in [0.15, 0.2) is 73.8 Å². The van der Waals surface area contributed by atoms with Gasteiger partial charge in [0.05, 0.1) is 0 Å². The van der Waals surface area contributed by atoms with E-state index in [-0.39, 0.29) is 0 Å². The molecule has 0 radical (unpaired) electrons. The van der Waals surface area contributed by atoms with Crippen LogP contribution in [-0.4, -0.2) is 0 Å². The van der Waals surface area contributed by atoms with Crippen molar-refractivity contribution in [2.45, 2.75) is 6.42 Å². The Morgan fingerprint density at radius 3 is 1.24 bits per heavy atom. The molecule has 0 unspecified atom stereocenters. The lowest BCUT2D eigenvalue weighted by Gasteiger charge is -1.95. The summed E-state index contributed by atoms with van der Waals surface area (Å²) < 4.78 is 0. The summed E-state index contributed by atoms with van der Waals surface area (Å²) in [7, 11) is 0. The lowest BCUT2D eigenvalue weighted by atomic mass is 10.1. The molecular weight excluding hydrogens is 252 g/mol. The second-order valence-electron chi connectivity index (χ2n) is 4.78. The van der Waals surface area contributed by atoms with Crippen LogP contribution in [0.3, 0.4) is 0 Å². The first kappa shape index (κ1) is 14.8. The third-order valence-electron chi connectivity index (χ3n) is 3.24. The molecule has 0 heterocycles. The van der Waals surface area contributed by atoms with E-state index < -0.39 is 0 Å². The first-order chi connectivity index (χ1) is 10.3. The molecule has 0 bridgehead atoms. The Hall–Kier alpha value is -2.60. The molecule has 0 N–H and O–H groups in total. The average Bonchev–Trinajstić information content (AvgIpc) is 2.55. The van der Waals surface area contributed by atoms with E-state index in [0.29, 0.717) is 0 Å². The Morgan fingerprint density at radius 2 is 0.905 bits per heavy atom. The van der Waals surface area contributed by atoms with E-state index in [0.717, 1.165) is 17.5 Å². The second-order valence-corrected chi connectivity index (χ2v) is 4.78. The lowest BCUT2D eigenvalue weighted by molar-refractivity contribution is 1.42. The zero-order valence-electron chi connectivity index (χ0n) is 12.2. The molecule has 0 fully saturated rings. The van der Waals surface area contributed by atoms with E-state index in [1.807, 2.05) is 12.2 Å². The van der Waals surface area contributed by atoms with Crippen molar-refractivity contribution >= 4 is 24.3 Å². The van der Waals surface area contributed by atoms with Crippen molar-refractivity contribution in [3.05, 3.63) is 96.1 Å². The molecule has 21 heavy (non-hydrogen) atoms. The summed E-state index contributed by atoms with van der Waals surface area (Å²) in [5.74, 6) is 0. The predicted molar refractivity (Wildman–Crippen MR) is 95.8 cm³/mol. The van der Waals surface area contributed by atoms with E-state index in [1.54, 1.807) is 0 Å². The maximum absolute atomic E-state index is 3.75. The van der Waals surface area contributed by atoms with Gasteiger partial charge in [-0.05, 0) is 28.7 Å². The Balaban J connectivity index is 1.87. The third kappa shape index (κ3) is 4.77. The summed E-state index contributed by atoms with van der Waals surface area (Å²) in [6.07, 6.45) is 13.2. The molecule has 0 saturated carbocycles. The molecule has 0 heteroatoms. The molecule has 0 saturated heterocycles. The fraction of sp³-hybridized carbons (Fsp3) is 0.0476. The normalized spacial score (nSPS) is 11.0. The molecule has 0 aliphatic carbocycles. The van der Waals surface area contributed by atoms with Gasteiger partial charge in [0, 0.05) is 0 Å². The minimum Gasteiger partial charge on any atom is -0.0985 e. The number of allylic oxidation sites excluding steroid dienone is 2. The lowest BCUT2D eigenvalue weighted by Crippen LogP contribution is -1.74. The molecule has 104 valence electrons. The molecule has 0 amide bonds. The van der Waals surface area contributed by atoms with Gasteiger partial charge in [0.15, 0.2) is 0 Å². The molecule has 2 rings (SSSR count). The van der Waals surface area contributed by atoms with Crippen molar-refractivity contribution in [1.82, 2.24) is 0 Å². The fourth-order valence-corrected chi connectivity index (χ4v) is 1.97. The summed E-state index contributed by atoms with van der Waals surface area (Å²) in [5.41, 5.74) is 4.72. The molecule has 0 aliphatic rings. The molecule has 0 aliphatic heterocycles. The Bertz CT molecular complexity index is 578. The fourth-order valence-electron chi connectivity index (χ4n) is 1.97. The van der Waals surface area contributed by atoms with E-state index in [9.17, 15) is 0 Å². The van der Waals surface area contributed by atoms with Gasteiger partial charge in [-0.25, -0.2) is 0 Å². The van der Waals surface area contributed by atoms with E-state index in [4.69, 9.17) is 0 Å². The van der Waals surface area contributed by atoms with Crippen molar-refractivity contribution in [2.24, 2.45) is 0 Å². The van der Waals surface area contributed by atoms with Crippen molar-refractivity contribution in [3.63, 3.8) is 0 Å². The first-order valence-corrected chi connectivity index (χ1v) is 7.10. The topological polar surface area (TPSA) is 0 Å². The van der Waals surface area contributed by atoms with Crippen LogP contribution in [-0.2, 0) is 0 Å². The van der Waals surface area contributed by atoms with E-state index in [2.05, 4.69) is 86.0 Å². The largest absolute Gasteiger partial charge is 0.0985 e. The summed E-state index contributed by atoms with van der Waals surface area (Å²) in [4.78, 5) is 0. The van der Waals surface area contributed by atoms with Gasteiger partial charge in [-0.15, -0.1) is 0 Å². The summed E-state index contributed by atoms with van der Waals surface area (Å²) in [6.45, 7) is 7.51. The highest BCUT2D eigenvalue weighted by Crippen LogP contribution is 2.09. The Morgan fingerprint density at radius 1 is 0.571 bits per heavy atom. The highest BCUT2D eigenvalue weighted by molar-refractivity contribution is 5.56. The maximum Gasteiger partial charge on any atom is -0.0163 e. The maximum atomic E-state index is 3.75. The van der Waals surface area contributed by atoms with Gasteiger partial charge in [-0.1, -0.05) is 98.1 Å². The van der Waals surface area contributed by atoms with E-state index in [1.165, 1.54) is 11.1 Å². The van der Waals surface area contributed by atoms with Gasteiger partial charge in [0.1, 0.15) is 0 Å². The zero-order chi connectivity index (χ0) is 14.9. The molecular formula is C21H20. The highest BCUT2D eigenvalue weighted by atomic mass is 13.9. The molecule has 0 atom stereocenters. The van der Waals surface area contributed by atoms with E-state index >= 15 is 0 Å². The monoisotopic (exact) mass is 272 g/mol. The van der Waals surface area contributed by atoms with Crippen LogP contribution in [0.2, 0.25) is 0 Å². The van der Waals surface area contributed by atoms with Gasteiger partial charge in [-0.2, -0.15) is 0 Å².